The number of ether oxygens (including phenoxy) is 2. The molecule has 0 radical (unpaired) electrons. The molecule has 0 saturated carbocycles. The van der Waals surface area contributed by atoms with Crippen LogP contribution in [0.4, 0.5) is 0 Å². The molecule has 1 unspecified atom stereocenters. The molecule has 0 heterocycles. The van der Waals surface area contributed by atoms with Crippen molar-refractivity contribution >= 4 is 19.7 Å². The summed E-state index contributed by atoms with van der Waals surface area (Å²) in [6.07, 6.45) is 0.0895. The quantitative estimate of drug-likeness (QED) is 0.491. The fourth-order valence-electron chi connectivity index (χ4n) is 0.510. The van der Waals surface area contributed by atoms with Crippen molar-refractivity contribution in [1.82, 2.24) is 0 Å². The van der Waals surface area contributed by atoms with E-state index in [0.717, 1.165) is 0 Å². The lowest BCUT2D eigenvalue weighted by Gasteiger charge is -2.11. The summed E-state index contributed by atoms with van der Waals surface area (Å²) in [5, 5.41) is 0. The Morgan fingerprint density at radius 2 is 2.09 bits per heavy atom. The van der Waals surface area contributed by atoms with Crippen molar-refractivity contribution in [2.24, 2.45) is 0 Å². The van der Waals surface area contributed by atoms with Gasteiger partial charge < -0.3 is 9.47 Å². The highest BCUT2D eigenvalue weighted by atomic mass is 35.7. The predicted molar refractivity (Wildman–Crippen MR) is 41.8 cm³/mol. The Hall–Kier alpha value is 0.160. The van der Waals surface area contributed by atoms with Crippen LogP contribution in [0.1, 0.15) is 13.3 Å². The Kier molecular flexibility index (Phi) is 4.99. The number of hydrogen-bond donors (Lipinski definition) is 0. The molecule has 0 spiro atoms. The molecule has 1 atom stereocenters. The first-order valence-corrected chi connectivity index (χ1v) is 5.54. The predicted octanol–water partition coefficient (Wildman–Crippen LogP) is 0.912. The molecule has 0 saturated heterocycles. The molecule has 0 amide bonds. The third-order valence-electron chi connectivity index (χ3n) is 0.991. The topological polar surface area (TPSA) is 52.6 Å². The molecule has 0 N–H and O–H groups in total. The zero-order valence-corrected chi connectivity index (χ0v) is 7.98. The Bertz CT molecular complexity index is 185. The van der Waals surface area contributed by atoms with Gasteiger partial charge in [0.25, 0.3) is 9.05 Å². The Morgan fingerprint density at radius 3 is 2.36 bits per heavy atom. The van der Waals surface area contributed by atoms with Gasteiger partial charge in [0.2, 0.25) is 0 Å². The van der Waals surface area contributed by atoms with Crippen molar-refractivity contribution in [3.63, 3.8) is 0 Å². The van der Waals surface area contributed by atoms with Crippen molar-refractivity contribution in [3.8, 4) is 0 Å². The van der Waals surface area contributed by atoms with Gasteiger partial charge in [0.05, 0.1) is 0 Å². The minimum absolute atomic E-state index is 0.497. The number of methoxy groups -OCH3 is 1. The van der Waals surface area contributed by atoms with E-state index in [4.69, 9.17) is 20.2 Å². The monoisotopic (exact) mass is 202 g/mol. The third-order valence-corrected chi connectivity index (χ3v) is 1.68. The summed E-state index contributed by atoms with van der Waals surface area (Å²) >= 11 is 0. The van der Waals surface area contributed by atoms with Crippen LogP contribution in [0.3, 0.4) is 0 Å². The van der Waals surface area contributed by atoms with E-state index in [1.807, 2.05) is 6.92 Å². The molecule has 11 heavy (non-hydrogen) atoms. The highest BCUT2D eigenvalue weighted by molar-refractivity contribution is 8.13. The van der Waals surface area contributed by atoms with Crippen LogP contribution in [0.25, 0.3) is 0 Å². The lowest BCUT2D eigenvalue weighted by molar-refractivity contribution is -0.110. The van der Waals surface area contributed by atoms with Crippen molar-refractivity contribution < 1.29 is 17.9 Å². The standard InChI is InChI=1S/C5H11ClO4S/c1-3-5(9-2)10-4-11(6,7)8/h5H,3-4H2,1-2H3. The van der Waals surface area contributed by atoms with E-state index in [2.05, 4.69) is 0 Å². The van der Waals surface area contributed by atoms with Crippen molar-refractivity contribution in [3.05, 3.63) is 0 Å². The first-order chi connectivity index (χ1) is 4.99. The maximum absolute atomic E-state index is 10.4. The van der Waals surface area contributed by atoms with Crippen LogP contribution in [0.5, 0.6) is 0 Å². The van der Waals surface area contributed by atoms with Gasteiger partial charge in [0.1, 0.15) is 0 Å². The number of halogens is 1. The summed E-state index contributed by atoms with van der Waals surface area (Å²) in [5.74, 6) is -0.513. The van der Waals surface area contributed by atoms with Gasteiger partial charge in [-0.15, -0.1) is 0 Å². The smallest absolute Gasteiger partial charge is 0.256 e. The van der Waals surface area contributed by atoms with Crippen molar-refractivity contribution in [2.75, 3.05) is 13.0 Å². The fourth-order valence-corrected chi connectivity index (χ4v) is 0.978. The average Bonchev–Trinajstić information content (AvgIpc) is 1.88. The molecule has 0 aromatic carbocycles. The van der Waals surface area contributed by atoms with Gasteiger partial charge in [-0.2, -0.15) is 0 Å². The average molecular weight is 203 g/mol. The van der Waals surface area contributed by atoms with Gasteiger partial charge in [-0.05, 0) is 6.42 Å². The molecule has 0 fully saturated rings. The Balaban J connectivity index is 3.69. The molecule has 0 aliphatic heterocycles. The van der Waals surface area contributed by atoms with Crippen molar-refractivity contribution in [1.29, 1.82) is 0 Å². The molecule has 0 aliphatic rings. The highest BCUT2D eigenvalue weighted by Gasteiger charge is 2.10. The zero-order valence-electron chi connectivity index (χ0n) is 6.41. The molecule has 4 nitrogen and oxygen atoms in total. The minimum Gasteiger partial charge on any atom is -0.356 e. The minimum atomic E-state index is -3.57. The maximum atomic E-state index is 10.4. The summed E-state index contributed by atoms with van der Waals surface area (Å²) in [7, 11) is 2.75. The molecule has 0 aromatic rings. The van der Waals surface area contributed by atoms with Crippen LogP contribution in [-0.4, -0.2) is 27.8 Å². The third kappa shape index (κ3) is 6.55. The molecule has 0 aliphatic carbocycles. The van der Waals surface area contributed by atoms with Crippen LogP contribution in [-0.2, 0) is 18.5 Å². The van der Waals surface area contributed by atoms with E-state index in [9.17, 15) is 8.42 Å². The van der Waals surface area contributed by atoms with Gasteiger partial charge in [0, 0.05) is 17.8 Å². The second-order valence-corrected chi connectivity index (χ2v) is 4.62. The van der Waals surface area contributed by atoms with E-state index < -0.39 is 21.3 Å². The molecular weight excluding hydrogens is 192 g/mol. The fraction of sp³-hybridized carbons (Fsp3) is 1.00. The van der Waals surface area contributed by atoms with E-state index in [-0.39, 0.29) is 0 Å². The summed E-state index contributed by atoms with van der Waals surface area (Å²) < 4.78 is 30.2. The summed E-state index contributed by atoms with van der Waals surface area (Å²) in [4.78, 5) is 0. The van der Waals surface area contributed by atoms with Crippen molar-refractivity contribution in [2.45, 2.75) is 19.6 Å². The maximum Gasteiger partial charge on any atom is 0.256 e. The van der Waals surface area contributed by atoms with E-state index in [1.165, 1.54) is 7.11 Å². The molecule has 0 bridgehead atoms. The van der Waals surface area contributed by atoms with Crippen LogP contribution >= 0.6 is 10.7 Å². The summed E-state index contributed by atoms with van der Waals surface area (Å²) in [6.45, 7) is 1.81. The molecule has 68 valence electrons. The summed E-state index contributed by atoms with van der Waals surface area (Å²) in [5.41, 5.74) is 0. The lowest BCUT2D eigenvalue weighted by Crippen LogP contribution is -2.17. The SMILES string of the molecule is CCC(OC)OCS(=O)(=O)Cl. The molecule has 0 aromatic heterocycles. The molecule has 0 rings (SSSR count). The molecule has 6 heteroatoms. The largest absolute Gasteiger partial charge is 0.356 e. The van der Waals surface area contributed by atoms with Crippen LogP contribution in [0.2, 0.25) is 0 Å². The van der Waals surface area contributed by atoms with Crippen LogP contribution < -0.4 is 0 Å². The number of hydrogen-bond acceptors (Lipinski definition) is 4. The normalized spacial score (nSPS) is 14.8. The first-order valence-electron chi connectivity index (χ1n) is 3.06. The second-order valence-electron chi connectivity index (χ2n) is 1.90. The summed E-state index contributed by atoms with van der Waals surface area (Å²) in [6, 6.07) is 0. The van der Waals surface area contributed by atoms with Gasteiger partial charge in [-0.3, -0.25) is 0 Å². The molecular formula is C5H11ClO4S. The van der Waals surface area contributed by atoms with E-state index in [1.54, 1.807) is 0 Å². The van der Waals surface area contributed by atoms with Gasteiger partial charge in [-0.1, -0.05) is 6.92 Å². The van der Waals surface area contributed by atoms with E-state index >= 15 is 0 Å². The van der Waals surface area contributed by atoms with Crippen LogP contribution in [0.15, 0.2) is 0 Å². The van der Waals surface area contributed by atoms with Crippen LogP contribution in [0, 0.1) is 0 Å². The Labute approximate surface area is 70.9 Å². The first kappa shape index (κ1) is 11.2. The van der Waals surface area contributed by atoms with Gasteiger partial charge >= 0.3 is 0 Å². The van der Waals surface area contributed by atoms with Gasteiger partial charge in [0.15, 0.2) is 12.2 Å². The van der Waals surface area contributed by atoms with E-state index in [0.29, 0.717) is 6.42 Å². The van der Waals surface area contributed by atoms with Gasteiger partial charge in [-0.25, -0.2) is 8.42 Å². The Morgan fingerprint density at radius 1 is 1.55 bits per heavy atom. The second kappa shape index (κ2) is 4.92. The zero-order chi connectivity index (χ0) is 8.91. The number of rotatable bonds is 5. The highest BCUT2D eigenvalue weighted by Crippen LogP contribution is 2.03. The lowest BCUT2D eigenvalue weighted by atomic mass is 10.5.